The van der Waals surface area contributed by atoms with Gasteiger partial charge in [0.1, 0.15) is 5.75 Å². The van der Waals surface area contributed by atoms with Crippen molar-refractivity contribution in [2.24, 2.45) is 0 Å². The van der Waals surface area contributed by atoms with E-state index in [1.54, 1.807) is 7.11 Å². The van der Waals surface area contributed by atoms with Gasteiger partial charge in [0.25, 0.3) is 0 Å². The Morgan fingerprint density at radius 1 is 1.37 bits per heavy atom. The number of ether oxygens (including phenoxy) is 1. The van der Waals surface area contributed by atoms with Crippen molar-refractivity contribution in [2.45, 2.75) is 25.8 Å². The molecule has 1 aromatic carbocycles. The quantitative estimate of drug-likeness (QED) is 0.845. The molecule has 0 fully saturated rings. The van der Waals surface area contributed by atoms with Crippen LogP contribution in [0.1, 0.15) is 30.6 Å². The van der Waals surface area contributed by atoms with Crippen molar-refractivity contribution in [1.82, 2.24) is 14.9 Å². The smallest absolute Gasteiger partial charge is 0.122 e. The van der Waals surface area contributed by atoms with Crippen LogP contribution < -0.4 is 10.1 Å². The predicted octanol–water partition coefficient (Wildman–Crippen LogP) is 2.83. The summed E-state index contributed by atoms with van der Waals surface area (Å²) < 4.78 is 9.36. The van der Waals surface area contributed by atoms with Gasteiger partial charge in [-0.2, -0.15) is 0 Å². The number of rotatable bonds is 7. The summed E-state index contributed by atoms with van der Waals surface area (Å²) in [7, 11) is 1.71. The highest BCUT2D eigenvalue weighted by molar-refractivity contribution is 7.03. The molecule has 19 heavy (non-hydrogen) atoms. The molecule has 1 N–H and O–H groups in total. The van der Waals surface area contributed by atoms with Gasteiger partial charge in [0.05, 0.1) is 18.8 Å². The second-order valence-electron chi connectivity index (χ2n) is 4.35. The third-order valence-corrected chi connectivity index (χ3v) is 3.51. The molecule has 102 valence electrons. The molecule has 0 saturated heterocycles. The number of para-hydroxylation sites is 1. The average molecular weight is 277 g/mol. The molecular weight excluding hydrogens is 258 g/mol. The van der Waals surface area contributed by atoms with Crippen molar-refractivity contribution in [3.05, 3.63) is 40.9 Å². The van der Waals surface area contributed by atoms with E-state index in [1.165, 1.54) is 17.1 Å². The van der Waals surface area contributed by atoms with Gasteiger partial charge in [-0.3, -0.25) is 0 Å². The van der Waals surface area contributed by atoms with Gasteiger partial charge in [-0.05, 0) is 42.5 Å². The van der Waals surface area contributed by atoms with Gasteiger partial charge in [0.2, 0.25) is 0 Å². The fourth-order valence-electron chi connectivity index (χ4n) is 2.02. The first-order valence-electron chi connectivity index (χ1n) is 6.47. The third kappa shape index (κ3) is 3.75. The highest BCUT2D eigenvalue weighted by atomic mass is 32.1. The first-order valence-corrected chi connectivity index (χ1v) is 7.31. The highest BCUT2D eigenvalue weighted by Gasteiger charge is 2.16. The Labute approximate surface area is 118 Å². The molecule has 2 rings (SSSR count). The van der Waals surface area contributed by atoms with Gasteiger partial charge >= 0.3 is 0 Å². The number of aromatic nitrogens is 2. The van der Waals surface area contributed by atoms with E-state index >= 15 is 0 Å². The van der Waals surface area contributed by atoms with Crippen LogP contribution in [0.3, 0.4) is 0 Å². The Balaban J connectivity index is 2.15. The van der Waals surface area contributed by atoms with Gasteiger partial charge in [0, 0.05) is 5.38 Å². The molecule has 5 heteroatoms. The van der Waals surface area contributed by atoms with Crippen molar-refractivity contribution >= 4 is 11.5 Å². The second-order valence-corrected chi connectivity index (χ2v) is 4.96. The summed E-state index contributed by atoms with van der Waals surface area (Å²) in [5.74, 6) is 0.925. The van der Waals surface area contributed by atoms with Crippen LogP contribution in [0.4, 0.5) is 0 Å². The first-order chi connectivity index (χ1) is 9.35. The maximum Gasteiger partial charge on any atom is 0.122 e. The van der Waals surface area contributed by atoms with Crippen LogP contribution in [0.15, 0.2) is 29.6 Å². The standard InChI is InChI=1S/C14H19N3OS/c1-3-8-15-12(13-10-19-17-16-13)9-11-6-4-5-7-14(11)18-2/h4-7,10,12,15H,3,8-9H2,1-2H3. The summed E-state index contributed by atoms with van der Waals surface area (Å²) in [4.78, 5) is 0. The van der Waals surface area contributed by atoms with Crippen LogP contribution in [0.2, 0.25) is 0 Å². The summed E-state index contributed by atoms with van der Waals surface area (Å²) >= 11 is 1.39. The van der Waals surface area contributed by atoms with Crippen molar-refractivity contribution < 1.29 is 4.74 Å². The summed E-state index contributed by atoms with van der Waals surface area (Å²) in [5.41, 5.74) is 2.19. The van der Waals surface area contributed by atoms with Crippen LogP contribution in [0.5, 0.6) is 5.75 Å². The molecule has 0 radical (unpaired) electrons. The Hall–Kier alpha value is -1.46. The second kappa shape index (κ2) is 7.21. The largest absolute Gasteiger partial charge is 0.496 e. The number of nitrogens with zero attached hydrogens (tertiary/aromatic N) is 2. The molecule has 1 atom stereocenters. The zero-order valence-corrected chi connectivity index (χ0v) is 12.1. The molecule has 0 aliphatic carbocycles. The fourth-order valence-corrected chi connectivity index (χ4v) is 2.52. The SMILES string of the molecule is CCCNC(Cc1ccccc1OC)c1csnn1. The summed E-state index contributed by atoms with van der Waals surface area (Å²) in [6, 6.07) is 8.30. The van der Waals surface area contributed by atoms with E-state index in [9.17, 15) is 0 Å². The predicted molar refractivity (Wildman–Crippen MR) is 77.6 cm³/mol. The van der Waals surface area contributed by atoms with E-state index in [4.69, 9.17) is 4.74 Å². The fraction of sp³-hybridized carbons (Fsp3) is 0.429. The van der Waals surface area contributed by atoms with Crippen LogP contribution in [0.25, 0.3) is 0 Å². The molecule has 0 aliphatic heterocycles. The van der Waals surface area contributed by atoms with Gasteiger partial charge in [-0.15, -0.1) is 5.10 Å². The van der Waals surface area contributed by atoms with E-state index in [1.807, 2.05) is 23.6 Å². The zero-order chi connectivity index (χ0) is 13.5. The summed E-state index contributed by atoms with van der Waals surface area (Å²) in [6.07, 6.45) is 1.95. The van der Waals surface area contributed by atoms with Crippen LogP contribution in [-0.4, -0.2) is 23.2 Å². The van der Waals surface area contributed by atoms with Crippen LogP contribution in [0, 0.1) is 0 Å². The van der Waals surface area contributed by atoms with Crippen LogP contribution in [-0.2, 0) is 6.42 Å². The minimum atomic E-state index is 0.190. The summed E-state index contributed by atoms with van der Waals surface area (Å²) in [5, 5.41) is 9.71. The lowest BCUT2D eigenvalue weighted by Crippen LogP contribution is -2.24. The molecule has 1 heterocycles. The lowest BCUT2D eigenvalue weighted by Gasteiger charge is -2.17. The molecule has 2 aromatic rings. The van der Waals surface area contributed by atoms with Gasteiger partial charge in [0.15, 0.2) is 0 Å². The van der Waals surface area contributed by atoms with Crippen molar-refractivity contribution in [3.63, 3.8) is 0 Å². The molecule has 0 amide bonds. The van der Waals surface area contributed by atoms with Crippen molar-refractivity contribution in [3.8, 4) is 5.75 Å². The van der Waals surface area contributed by atoms with E-state index < -0.39 is 0 Å². The molecule has 0 aliphatic rings. The van der Waals surface area contributed by atoms with Crippen LogP contribution >= 0.6 is 11.5 Å². The molecule has 1 unspecified atom stereocenters. The number of hydrogen-bond acceptors (Lipinski definition) is 5. The molecule has 0 spiro atoms. The van der Waals surface area contributed by atoms with Crippen molar-refractivity contribution in [1.29, 1.82) is 0 Å². The van der Waals surface area contributed by atoms with Gasteiger partial charge in [-0.1, -0.05) is 29.6 Å². The highest BCUT2D eigenvalue weighted by Crippen LogP contribution is 2.24. The van der Waals surface area contributed by atoms with E-state index in [0.29, 0.717) is 0 Å². The Morgan fingerprint density at radius 2 is 2.21 bits per heavy atom. The van der Waals surface area contributed by atoms with E-state index in [-0.39, 0.29) is 6.04 Å². The maximum absolute atomic E-state index is 5.41. The van der Waals surface area contributed by atoms with E-state index in [0.717, 1.165) is 30.8 Å². The number of hydrogen-bond donors (Lipinski definition) is 1. The monoisotopic (exact) mass is 277 g/mol. The normalized spacial score (nSPS) is 12.3. The van der Waals surface area contributed by atoms with Crippen molar-refractivity contribution in [2.75, 3.05) is 13.7 Å². The average Bonchev–Trinajstić information content (AvgIpc) is 2.98. The van der Waals surface area contributed by atoms with E-state index in [2.05, 4.69) is 27.9 Å². The van der Waals surface area contributed by atoms with Gasteiger partial charge in [-0.25, -0.2) is 0 Å². The molecule has 0 bridgehead atoms. The Bertz CT molecular complexity index is 487. The lowest BCUT2D eigenvalue weighted by atomic mass is 10.0. The molecular formula is C14H19N3OS. The lowest BCUT2D eigenvalue weighted by molar-refractivity contribution is 0.404. The Morgan fingerprint density at radius 3 is 2.89 bits per heavy atom. The topological polar surface area (TPSA) is 47.0 Å². The van der Waals surface area contributed by atoms with Gasteiger partial charge < -0.3 is 10.1 Å². The number of methoxy groups -OCH3 is 1. The minimum Gasteiger partial charge on any atom is -0.496 e. The molecule has 4 nitrogen and oxygen atoms in total. The summed E-state index contributed by atoms with van der Waals surface area (Å²) in [6.45, 7) is 3.13. The first kappa shape index (κ1) is 14.0. The minimum absolute atomic E-state index is 0.190. The maximum atomic E-state index is 5.41. The molecule has 0 saturated carbocycles. The number of nitrogens with one attached hydrogen (secondary N) is 1. The Kier molecular flexibility index (Phi) is 5.30. The molecule has 1 aromatic heterocycles. The number of benzene rings is 1. The zero-order valence-electron chi connectivity index (χ0n) is 11.3. The third-order valence-electron chi connectivity index (χ3n) is 2.99.